The lowest BCUT2D eigenvalue weighted by Crippen LogP contribution is -2.15. The zero-order valence-electron chi connectivity index (χ0n) is 10.3. The van der Waals surface area contributed by atoms with E-state index < -0.39 is 0 Å². The van der Waals surface area contributed by atoms with Gasteiger partial charge in [-0.2, -0.15) is 5.10 Å². The zero-order valence-corrected chi connectivity index (χ0v) is 10.3. The summed E-state index contributed by atoms with van der Waals surface area (Å²) in [5.41, 5.74) is 0.923. The molecule has 1 fully saturated rings. The number of aromatic nitrogens is 3. The molecule has 2 aromatic heterocycles. The van der Waals surface area contributed by atoms with Crippen LogP contribution in [-0.2, 0) is 20.2 Å². The summed E-state index contributed by atoms with van der Waals surface area (Å²) in [7, 11) is 1.85. The van der Waals surface area contributed by atoms with Crippen LogP contribution in [0.2, 0.25) is 0 Å². The van der Waals surface area contributed by atoms with Crippen molar-refractivity contribution in [3.63, 3.8) is 0 Å². The van der Waals surface area contributed by atoms with E-state index >= 15 is 0 Å². The van der Waals surface area contributed by atoms with Crippen LogP contribution in [0.3, 0.4) is 0 Å². The molecule has 3 rings (SSSR count). The van der Waals surface area contributed by atoms with Crippen molar-refractivity contribution in [3.8, 4) is 5.75 Å². The molecule has 2 heterocycles. The van der Waals surface area contributed by atoms with E-state index in [1.807, 2.05) is 19.3 Å². The molecule has 0 amide bonds. The van der Waals surface area contributed by atoms with E-state index in [-0.39, 0.29) is 0 Å². The summed E-state index contributed by atoms with van der Waals surface area (Å²) in [5, 5.41) is 11.4. The van der Waals surface area contributed by atoms with Gasteiger partial charge in [-0.05, 0) is 12.8 Å². The van der Waals surface area contributed by atoms with Crippen LogP contribution < -0.4 is 10.1 Å². The van der Waals surface area contributed by atoms with E-state index in [1.54, 1.807) is 10.9 Å². The summed E-state index contributed by atoms with van der Waals surface area (Å²) in [6.07, 6.45) is 6.03. The number of nitrogens with one attached hydrogen (secondary N) is 1. The van der Waals surface area contributed by atoms with Crippen LogP contribution in [0.4, 0.5) is 0 Å². The molecule has 0 aliphatic heterocycles. The van der Waals surface area contributed by atoms with Gasteiger partial charge in [0.25, 0.3) is 0 Å². The first-order valence-corrected chi connectivity index (χ1v) is 6.09. The molecule has 0 aromatic carbocycles. The second-order valence-electron chi connectivity index (χ2n) is 4.58. The molecule has 18 heavy (non-hydrogen) atoms. The molecule has 1 aliphatic rings. The highest BCUT2D eigenvalue weighted by molar-refractivity contribution is 5.12. The number of nitrogens with zero attached hydrogens (tertiary/aromatic N) is 3. The summed E-state index contributed by atoms with van der Waals surface area (Å²) in [6, 6.07) is 2.60. The quantitative estimate of drug-likeness (QED) is 0.833. The number of hydrogen-bond acceptors (Lipinski definition) is 5. The van der Waals surface area contributed by atoms with E-state index in [0.29, 0.717) is 12.6 Å². The van der Waals surface area contributed by atoms with Crippen LogP contribution in [0.25, 0.3) is 0 Å². The van der Waals surface area contributed by atoms with Crippen LogP contribution in [0.15, 0.2) is 23.0 Å². The fraction of sp³-hybridized carbons (Fsp3) is 0.500. The van der Waals surface area contributed by atoms with Gasteiger partial charge in [0.15, 0.2) is 11.5 Å². The maximum Gasteiger partial charge on any atom is 0.174 e. The Balaban J connectivity index is 1.49. The summed E-state index contributed by atoms with van der Waals surface area (Å²) in [5.74, 6) is 1.46. The molecule has 0 radical (unpaired) electrons. The molecular formula is C12H16N4O2. The van der Waals surface area contributed by atoms with Gasteiger partial charge in [0, 0.05) is 25.7 Å². The average Bonchev–Trinajstić information content (AvgIpc) is 2.93. The van der Waals surface area contributed by atoms with Crippen molar-refractivity contribution in [2.75, 3.05) is 0 Å². The number of rotatable bonds is 6. The Morgan fingerprint density at radius 2 is 2.44 bits per heavy atom. The first-order chi connectivity index (χ1) is 8.79. The monoisotopic (exact) mass is 248 g/mol. The molecule has 1 N–H and O–H groups in total. The first kappa shape index (κ1) is 11.3. The Bertz CT molecular complexity index is 516. The average molecular weight is 248 g/mol. The van der Waals surface area contributed by atoms with Crippen molar-refractivity contribution in [2.45, 2.75) is 32.0 Å². The van der Waals surface area contributed by atoms with Gasteiger partial charge in [-0.3, -0.25) is 4.68 Å². The Morgan fingerprint density at radius 1 is 1.56 bits per heavy atom. The molecule has 0 saturated heterocycles. The smallest absolute Gasteiger partial charge is 0.174 e. The summed E-state index contributed by atoms with van der Waals surface area (Å²) >= 11 is 0. The molecule has 0 bridgehead atoms. The number of hydrogen-bond donors (Lipinski definition) is 1. The SMILES string of the molecule is Cn1cc(OCc2cc(CNC3CC3)no2)cn1. The third-order valence-corrected chi connectivity index (χ3v) is 2.82. The minimum absolute atomic E-state index is 0.377. The Hall–Kier alpha value is -1.82. The molecule has 96 valence electrons. The molecule has 6 nitrogen and oxygen atoms in total. The van der Waals surface area contributed by atoms with Crippen LogP contribution in [0.1, 0.15) is 24.3 Å². The van der Waals surface area contributed by atoms with E-state index in [4.69, 9.17) is 9.26 Å². The lowest BCUT2D eigenvalue weighted by atomic mass is 10.3. The minimum Gasteiger partial charge on any atom is -0.482 e. The van der Waals surface area contributed by atoms with Crippen molar-refractivity contribution >= 4 is 0 Å². The van der Waals surface area contributed by atoms with E-state index in [1.165, 1.54) is 12.8 Å². The molecule has 2 aromatic rings. The lowest BCUT2D eigenvalue weighted by molar-refractivity contribution is 0.248. The van der Waals surface area contributed by atoms with Crippen molar-refractivity contribution in [2.24, 2.45) is 7.05 Å². The van der Waals surface area contributed by atoms with E-state index in [9.17, 15) is 0 Å². The lowest BCUT2D eigenvalue weighted by Gasteiger charge is -1.98. The number of aryl methyl sites for hydroxylation is 1. The molecule has 0 atom stereocenters. The predicted octanol–water partition coefficient (Wildman–Crippen LogP) is 1.24. The third kappa shape index (κ3) is 2.89. The van der Waals surface area contributed by atoms with Crippen LogP contribution >= 0.6 is 0 Å². The molecule has 6 heteroatoms. The van der Waals surface area contributed by atoms with Crippen molar-refractivity contribution < 1.29 is 9.26 Å². The van der Waals surface area contributed by atoms with Crippen molar-refractivity contribution in [3.05, 3.63) is 29.9 Å². The van der Waals surface area contributed by atoms with Gasteiger partial charge in [-0.15, -0.1) is 0 Å². The van der Waals surface area contributed by atoms with Crippen LogP contribution in [0, 0.1) is 0 Å². The van der Waals surface area contributed by atoms with Gasteiger partial charge in [0.1, 0.15) is 6.61 Å². The van der Waals surface area contributed by atoms with Gasteiger partial charge in [0.2, 0.25) is 0 Å². The van der Waals surface area contributed by atoms with E-state index in [2.05, 4.69) is 15.6 Å². The molecular weight excluding hydrogens is 232 g/mol. The largest absolute Gasteiger partial charge is 0.482 e. The minimum atomic E-state index is 0.377. The summed E-state index contributed by atoms with van der Waals surface area (Å²) in [6.45, 7) is 1.14. The maximum absolute atomic E-state index is 5.53. The van der Waals surface area contributed by atoms with Crippen molar-refractivity contribution in [1.29, 1.82) is 0 Å². The van der Waals surface area contributed by atoms with Gasteiger partial charge in [0.05, 0.1) is 18.1 Å². The highest BCUT2D eigenvalue weighted by Gasteiger charge is 2.20. The fourth-order valence-electron chi connectivity index (χ4n) is 1.67. The maximum atomic E-state index is 5.53. The van der Waals surface area contributed by atoms with Crippen molar-refractivity contribution in [1.82, 2.24) is 20.3 Å². The Kier molecular flexibility index (Phi) is 3.02. The highest BCUT2D eigenvalue weighted by atomic mass is 16.5. The molecule has 0 unspecified atom stereocenters. The number of ether oxygens (including phenoxy) is 1. The second kappa shape index (κ2) is 4.81. The molecule has 0 spiro atoms. The molecule has 1 aliphatic carbocycles. The van der Waals surface area contributed by atoms with Gasteiger partial charge >= 0.3 is 0 Å². The van der Waals surface area contributed by atoms with Gasteiger partial charge < -0.3 is 14.6 Å². The van der Waals surface area contributed by atoms with Gasteiger partial charge in [-0.1, -0.05) is 5.16 Å². The van der Waals surface area contributed by atoms with E-state index in [0.717, 1.165) is 23.7 Å². The normalized spacial score (nSPS) is 14.9. The Morgan fingerprint density at radius 3 is 3.17 bits per heavy atom. The summed E-state index contributed by atoms with van der Waals surface area (Å²) < 4.78 is 12.4. The Labute approximate surface area is 105 Å². The van der Waals surface area contributed by atoms with Gasteiger partial charge in [-0.25, -0.2) is 0 Å². The summed E-state index contributed by atoms with van der Waals surface area (Å²) in [4.78, 5) is 0. The first-order valence-electron chi connectivity index (χ1n) is 6.09. The topological polar surface area (TPSA) is 65.1 Å². The second-order valence-corrected chi connectivity index (χ2v) is 4.58. The zero-order chi connectivity index (χ0) is 12.4. The van der Waals surface area contributed by atoms with Crippen LogP contribution in [0.5, 0.6) is 5.75 Å². The fourth-order valence-corrected chi connectivity index (χ4v) is 1.67. The third-order valence-electron chi connectivity index (χ3n) is 2.82. The predicted molar refractivity (Wildman–Crippen MR) is 63.9 cm³/mol. The standard InChI is InChI=1S/C12H16N4O2/c1-16-7-12(6-14-16)17-8-11-4-10(15-18-11)5-13-9-2-3-9/h4,6-7,9,13H,2-3,5,8H2,1H3. The van der Waals surface area contributed by atoms with Crippen LogP contribution in [-0.4, -0.2) is 21.0 Å². The highest BCUT2D eigenvalue weighted by Crippen LogP contribution is 2.19. The molecule has 1 saturated carbocycles.